The number of para-hydroxylation sites is 3. The third-order valence-corrected chi connectivity index (χ3v) is 8.76. The summed E-state index contributed by atoms with van der Waals surface area (Å²) < 4.78 is 0. The minimum atomic E-state index is 0.355. The molecular formula is C32H36N6. The number of benzene rings is 2. The smallest absolute Gasteiger partial charge is 0.121 e. The molecule has 194 valence electrons. The van der Waals surface area contributed by atoms with E-state index in [1.807, 2.05) is 6.20 Å². The van der Waals surface area contributed by atoms with E-state index in [1.165, 1.54) is 66.2 Å². The number of imidazole rings is 1. The van der Waals surface area contributed by atoms with Crippen LogP contribution in [0.15, 0.2) is 73.1 Å². The number of H-pyrrole nitrogens is 2. The number of hydrogen-bond acceptors (Lipinski definition) is 4. The molecule has 0 spiro atoms. The molecule has 0 bridgehead atoms. The number of nitrogens with zero attached hydrogens (tertiary/aromatic N) is 3. The third-order valence-electron chi connectivity index (χ3n) is 8.76. The maximum atomic E-state index is 4.96. The van der Waals surface area contributed by atoms with E-state index in [1.54, 1.807) is 0 Å². The minimum absolute atomic E-state index is 0.355. The van der Waals surface area contributed by atoms with Gasteiger partial charge in [0.1, 0.15) is 5.82 Å². The molecule has 5 aromatic rings. The molecule has 0 amide bonds. The zero-order valence-corrected chi connectivity index (χ0v) is 21.9. The van der Waals surface area contributed by atoms with Gasteiger partial charge in [-0.3, -0.25) is 9.88 Å². The maximum Gasteiger partial charge on any atom is 0.121 e. The highest BCUT2D eigenvalue weighted by Crippen LogP contribution is 2.38. The van der Waals surface area contributed by atoms with Gasteiger partial charge in [0.2, 0.25) is 0 Å². The van der Waals surface area contributed by atoms with Gasteiger partial charge >= 0.3 is 0 Å². The Hall–Kier alpha value is -3.48. The highest BCUT2D eigenvalue weighted by atomic mass is 15.2. The molecule has 3 aromatic heterocycles. The van der Waals surface area contributed by atoms with Gasteiger partial charge in [-0.2, -0.15) is 0 Å². The molecule has 1 atom stereocenters. The van der Waals surface area contributed by atoms with Crippen molar-refractivity contribution in [3.05, 3.63) is 95.7 Å². The molecule has 1 saturated carbocycles. The van der Waals surface area contributed by atoms with Crippen LogP contribution in [0.4, 0.5) is 0 Å². The lowest BCUT2D eigenvalue weighted by Crippen LogP contribution is -2.44. The Kier molecular flexibility index (Phi) is 6.44. The molecule has 0 saturated heterocycles. The fourth-order valence-corrected chi connectivity index (χ4v) is 6.80. The normalized spacial score (nSPS) is 21.8. The van der Waals surface area contributed by atoms with E-state index in [-0.39, 0.29) is 0 Å². The second kappa shape index (κ2) is 10.4. The van der Waals surface area contributed by atoms with E-state index >= 15 is 0 Å². The van der Waals surface area contributed by atoms with E-state index < -0.39 is 0 Å². The number of rotatable bonds is 7. The summed E-state index contributed by atoms with van der Waals surface area (Å²) in [6.07, 6.45) is 12.5. The Morgan fingerprint density at radius 1 is 0.895 bits per heavy atom. The van der Waals surface area contributed by atoms with Gasteiger partial charge < -0.3 is 15.3 Å². The molecule has 3 heterocycles. The maximum absolute atomic E-state index is 4.96. The molecule has 2 aliphatic carbocycles. The van der Waals surface area contributed by atoms with Crippen LogP contribution in [-0.4, -0.2) is 36.9 Å². The summed E-state index contributed by atoms with van der Waals surface area (Å²) in [5.74, 6) is 1.06. The summed E-state index contributed by atoms with van der Waals surface area (Å²) in [7, 11) is 0. The molecule has 0 aliphatic heterocycles. The fraction of sp³-hybridized carbons (Fsp3) is 0.375. The molecule has 6 nitrogen and oxygen atoms in total. The number of hydrogen-bond donors (Lipinski definition) is 3. The fourth-order valence-electron chi connectivity index (χ4n) is 6.80. The molecule has 2 aromatic carbocycles. The van der Waals surface area contributed by atoms with Gasteiger partial charge in [0, 0.05) is 41.9 Å². The number of pyridine rings is 1. The van der Waals surface area contributed by atoms with Crippen LogP contribution >= 0.6 is 0 Å². The van der Waals surface area contributed by atoms with E-state index in [2.05, 4.69) is 87.0 Å². The van der Waals surface area contributed by atoms with E-state index in [4.69, 9.17) is 9.97 Å². The minimum Gasteiger partial charge on any atom is -0.361 e. The lowest BCUT2D eigenvalue weighted by molar-refractivity contribution is 0.0729. The van der Waals surface area contributed by atoms with Gasteiger partial charge in [-0.15, -0.1) is 0 Å². The van der Waals surface area contributed by atoms with Crippen LogP contribution in [0, 0.1) is 0 Å². The van der Waals surface area contributed by atoms with Gasteiger partial charge in [0.05, 0.1) is 29.3 Å². The molecule has 3 N–H and O–H groups in total. The average Bonchev–Trinajstić information content (AvgIpc) is 3.58. The van der Waals surface area contributed by atoms with Gasteiger partial charge in [-0.1, -0.05) is 36.4 Å². The molecule has 6 heteroatoms. The number of nitrogens with one attached hydrogen (secondary N) is 3. The first-order valence-corrected chi connectivity index (χ1v) is 14.2. The Labute approximate surface area is 223 Å². The highest BCUT2D eigenvalue weighted by Gasteiger charge is 2.34. The van der Waals surface area contributed by atoms with Crippen molar-refractivity contribution in [2.24, 2.45) is 0 Å². The summed E-state index contributed by atoms with van der Waals surface area (Å²) in [5.41, 5.74) is 7.46. The molecule has 2 aliphatic rings. The zero-order valence-electron chi connectivity index (χ0n) is 21.9. The Balaban J connectivity index is 1.08. The average molecular weight is 505 g/mol. The number of aromatic nitrogens is 4. The van der Waals surface area contributed by atoms with Crippen LogP contribution in [0.3, 0.4) is 0 Å². The molecule has 0 radical (unpaired) electrons. The number of aromatic amines is 2. The van der Waals surface area contributed by atoms with Crippen molar-refractivity contribution >= 4 is 21.9 Å². The van der Waals surface area contributed by atoms with Crippen molar-refractivity contribution in [1.82, 2.24) is 30.2 Å². The van der Waals surface area contributed by atoms with Crippen molar-refractivity contribution in [3.8, 4) is 0 Å². The van der Waals surface area contributed by atoms with E-state index in [0.717, 1.165) is 36.4 Å². The van der Waals surface area contributed by atoms with Crippen LogP contribution in [0.2, 0.25) is 0 Å². The standard InChI is InChI=1S/C32H36N6/c1-2-10-27-26(9-1)23(20-35-27)19-34-24-14-16-25(17-15-24)38(21-31-36-28-11-3-4-12-29(28)37-31)30-13-5-7-22-8-6-18-33-32(22)30/h1-4,6,8-12,18,20,24-25,30,34-35H,5,7,13-17,19,21H2,(H,36,37). The number of aryl methyl sites for hydroxylation is 1. The zero-order chi connectivity index (χ0) is 25.3. The van der Waals surface area contributed by atoms with Crippen molar-refractivity contribution < 1.29 is 0 Å². The topological polar surface area (TPSA) is 72.6 Å². The van der Waals surface area contributed by atoms with Crippen LogP contribution < -0.4 is 5.32 Å². The van der Waals surface area contributed by atoms with Crippen LogP contribution in [0.25, 0.3) is 21.9 Å². The Morgan fingerprint density at radius 2 is 1.74 bits per heavy atom. The Morgan fingerprint density at radius 3 is 2.63 bits per heavy atom. The summed E-state index contributed by atoms with van der Waals surface area (Å²) in [6.45, 7) is 1.76. The molecule has 1 fully saturated rings. The lowest BCUT2D eigenvalue weighted by atomic mass is 9.85. The largest absolute Gasteiger partial charge is 0.361 e. The van der Waals surface area contributed by atoms with E-state index in [0.29, 0.717) is 18.1 Å². The third kappa shape index (κ3) is 4.63. The molecule has 38 heavy (non-hydrogen) atoms. The predicted octanol–water partition coefficient (Wildman–Crippen LogP) is 6.42. The van der Waals surface area contributed by atoms with Gasteiger partial charge in [0.25, 0.3) is 0 Å². The van der Waals surface area contributed by atoms with Crippen LogP contribution in [0.5, 0.6) is 0 Å². The van der Waals surface area contributed by atoms with Gasteiger partial charge in [-0.05, 0) is 80.3 Å². The van der Waals surface area contributed by atoms with Gasteiger partial charge in [-0.25, -0.2) is 4.98 Å². The summed E-state index contributed by atoms with van der Waals surface area (Å²) >= 11 is 0. The van der Waals surface area contributed by atoms with Crippen molar-refractivity contribution in [2.45, 2.75) is 76.2 Å². The summed E-state index contributed by atoms with van der Waals surface area (Å²) in [6, 6.07) is 22.8. The monoisotopic (exact) mass is 504 g/mol. The van der Waals surface area contributed by atoms with E-state index in [9.17, 15) is 0 Å². The first-order chi connectivity index (χ1) is 18.8. The van der Waals surface area contributed by atoms with Crippen molar-refractivity contribution in [2.75, 3.05) is 0 Å². The number of fused-ring (bicyclic) bond motifs is 3. The van der Waals surface area contributed by atoms with Gasteiger partial charge in [0.15, 0.2) is 0 Å². The highest BCUT2D eigenvalue weighted by molar-refractivity contribution is 5.83. The first-order valence-electron chi connectivity index (χ1n) is 14.2. The molecule has 1 unspecified atom stereocenters. The summed E-state index contributed by atoms with van der Waals surface area (Å²) in [5, 5.41) is 5.20. The van der Waals surface area contributed by atoms with Crippen LogP contribution in [0.1, 0.15) is 67.2 Å². The Bertz CT molecular complexity index is 1490. The molecule has 7 rings (SSSR count). The second-order valence-electron chi connectivity index (χ2n) is 11.1. The first kappa shape index (κ1) is 23.6. The molecular weight excluding hydrogens is 468 g/mol. The SMILES string of the molecule is c1cnc2c(c1)CCCC2N(Cc1nc2ccccc2[nH]1)C1CCC(NCc2c[nH]c3ccccc23)CC1. The van der Waals surface area contributed by atoms with Crippen LogP contribution in [-0.2, 0) is 19.5 Å². The lowest BCUT2D eigenvalue weighted by Gasteiger charge is -2.42. The predicted molar refractivity (Wildman–Crippen MR) is 153 cm³/mol. The van der Waals surface area contributed by atoms with Crippen molar-refractivity contribution in [1.29, 1.82) is 0 Å². The van der Waals surface area contributed by atoms with Crippen molar-refractivity contribution in [3.63, 3.8) is 0 Å². The summed E-state index contributed by atoms with van der Waals surface area (Å²) in [4.78, 5) is 19.6. The quantitative estimate of drug-likeness (QED) is 0.239. The second-order valence-corrected chi connectivity index (χ2v) is 11.1.